The Bertz CT molecular complexity index is 731. The van der Waals surface area contributed by atoms with Crippen molar-refractivity contribution in [2.75, 3.05) is 5.32 Å². The Morgan fingerprint density at radius 1 is 1.04 bits per heavy atom. The molecule has 1 N–H and O–H groups in total. The third-order valence-corrected chi connectivity index (χ3v) is 3.85. The van der Waals surface area contributed by atoms with E-state index in [0.717, 1.165) is 22.2 Å². The summed E-state index contributed by atoms with van der Waals surface area (Å²) in [6.45, 7) is 1.96. The quantitative estimate of drug-likeness (QED) is 0.492. The third kappa shape index (κ3) is 5.28. The molecule has 0 heterocycles. The molecule has 116 valence electrons. The summed E-state index contributed by atoms with van der Waals surface area (Å²) < 4.78 is 0. The predicted octanol–water partition coefficient (Wildman–Crippen LogP) is 4.17. The highest BCUT2D eigenvalue weighted by molar-refractivity contribution is 8.03. The summed E-state index contributed by atoms with van der Waals surface area (Å²) in [5, 5.41) is 13.3. The number of nitrogens with zero attached hydrogens (tertiary/aromatic N) is 1. The molecule has 0 aliphatic rings. The number of hydrogen-bond donors (Lipinski definition) is 1. The van der Waals surface area contributed by atoms with Crippen LogP contribution in [-0.4, -0.2) is 11.7 Å². The maximum Gasteiger partial charge on any atom is 0.224 e. The normalized spacial score (nSPS) is 9.91. The van der Waals surface area contributed by atoms with Crippen LogP contribution in [0.5, 0.6) is 0 Å². The highest BCUT2D eigenvalue weighted by Crippen LogP contribution is 2.19. The van der Waals surface area contributed by atoms with Crippen molar-refractivity contribution < 1.29 is 9.59 Å². The summed E-state index contributed by atoms with van der Waals surface area (Å²) in [7, 11) is 0. The second-order valence-corrected chi connectivity index (χ2v) is 5.91. The van der Waals surface area contributed by atoms with Gasteiger partial charge in [-0.3, -0.25) is 9.59 Å². The van der Waals surface area contributed by atoms with Gasteiger partial charge in [0.1, 0.15) is 5.40 Å². The lowest BCUT2D eigenvalue weighted by atomic mass is 10.0. The van der Waals surface area contributed by atoms with Crippen LogP contribution in [-0.2, 0) is 4.79 Å². The number of thiocyanates is 1. The molecule has 2 aromatic carbocycles. The monoisotopic (exact) mass is 324 g/mol. The van der Waals surface area contributed by atoms with Gasteiger partial charge in [0, 0.05) is 29.0 Å². The zero-order chi connectivity index (χ0) is 16.7. The maximum atomic E-state index is 12.0. The fourth-order valence-electron chi connectivity index (χ4n) is 1.99. The van der Waals surface area contributed by atoms with Gasteiger partial charge in [-0.05, 0) is 43.0 Å². The zero-order valence-electron chi connectivity index (χ0n) is 12.7. The molecular formula is C18H16N2O2S. The smallest absolute Gasteiger partial charge is 0.224 e. The summed E-state index contributed by atoms with van der Waals surface area (Å²) in [6.07, 6.45) is 0.318. The fourth-order valence-corrected chi connectivity index (χ4v) is 2.37. The first kappa shape index (κ1) is 16.8. The van der Waals surface area contributed by atoms with E-state index >= 15 is 0 Å². The van der Waals surface area contributed by atoms with Crippen LogP contribution < -0.4 is 5.32 Å². The third-order valence-electron chi connectivity index (χ3n) is 3.25. The van der Waals surface area contributed by atoms with Crippen LogP contribution in [0, 0.1) is 17.6 Å². The number of anilines is 1. The summed E-state index contributed by atoms with van der Waals surface area (Å²) in [4.78, 5) is 24.7. The summed E-state index contributed by atoms with van der Waals surface area (Å²) >= 11 is 1.06. The molecule has 0 aromatic heterocycles. The van der Waals surface area contributed by atoms with E-state index in [-0.39, 0.29) is 24.5 Å². The molecule has 0 aliphatic carbocycles. The molecule has 0 bridgehead atoms. The van der Waals surface area contributed by atoms with Gasteiger partial charge in [0.25, 0.3) is 0 Å². The number of hydrogen-bond acceptors (Lipinski definition) is 4. The van der Waals surface area contributed by atoms with Gasteiger partial charge in [-0.15, -0.1) is 0 Å². The standard InChI is InChI=1S/C18H16N2O2S/c1-13-2-4-14(5-3-13)17(21)10-11-18(22)20-15-6-8-16(9-7-15)23-12-19/h2-9H,10-11H2,1H3,(H,20,22). The number of Topliss-reactive ketones (excluding diaryl/α,β-unsaturated/α-hetero) is 1. The first-order valence-electron chi connectivity index (χ1n) is 7.14. The van der Waals surface area contributed by atoms with Crippen molar-refractivity contribution in [2.24, 2.45) is 0 Å². The van der Waals surface area contributed by atoms with Gasteiger partial charge in [-0.25, -0.2) is 0 Å². The van der Waals surface area contributed by atoms with Crippen molar-refractivity contribution in [3.63, 3.8) is 0 Å². The summed E-state index contributed by atoms with van der Waals surface area (Å²) in [6, 6.07) is 14.3. The second-order valence-electron chi connectivity index (χ2n) is 5.06. The number of ketones is 1. The van der Waals surface area contributed by atoms with Crippen molar-refractivity contribution >= 4 is 29.1 Å². The molecule has 0 spiro atoms. The molecule has 0 unspecified atom stereocenters. The first-order valence-corrected chi connectivity index (χ1v) is 7.96. The molecule has 0 saturated carbocycles. The molecule has 1 amide bonds. The van der Waals surface area contributed by atoms with Gasteiger partial charge in [0.05, 0.1) is 0 Å². The Hall–Kier alpha value is -2.58. The van der Waals surface area contributed by atoms with E-state index in [4.69, 9.17) is 5.26 Å². The van der Waals surface area contributed by atoms with Crippen molar-refractivity contribution in [1.82, 2.24) is 0 Å². The Balaban J connectivity index is 1.84. The number of amides is 1. The van der Waals surface area contributed by atoms with Crippen LogP contribution in [0.15, 0.2) is 53.4 Å². The van der Waals surface area contributed by atoms with Crippen LogP contribution in [0.25, 0.3) is 0 Å². The Kier molecular flexibility index (Phi) is 5.95. The predicted molar refractivity (Wildman–Crippen MR) is 91.3 cm³/mol. The highest BCUT2D eigenvalue weighted by atomic mass is 32.2. The lowest BCUT2D eigenvalue weighted by Crippen LogP contribution is -2.13. The molecule has 0 atom stereocenters. The Labute approximate surface area is 139 Å². The lowest BCUT2D eigenvalue weighted by Gasteiger charge is -2.06. The minimum absolute atomic E-state index is 0.0408. The lowest BCUT2D eigenvalue weighted by molar-refractivity contribution is -0.116. The van der Waals surface area contributed by atoms with Gasteiger partial charge in [0.15, 0.2) is 5.78 Å². The van der Waals surface area contributed by atoms with Crippen molar-refractivity contribution in [1.29, 1.82) is 5.26 Å². The van der Waals surface area contributed by atoms with Gasteiger partial charge in [0.2, 0.25) is 5.91 Å². The minimum Gasteiger partial charge on any atom is -0.326 e. The number of carbonyl (C=O) groups is 2. The number of thioether (sulfide) groups is 1. The van der Waals surface area contributed by atoms with Gasteiger partial charge >= 0.3 is 0 Å². The van der Waals surface area contributed by atoms with E-state index in [1.54, 1.807) is 36.4 Å². The van der Waals surface area contributed by atoms with Crippen LogP contribution in [0.4, 0.5) is 5.69 Å². The van der Waals surface area contributed by atoms with E-state index in [1.165, 1.54) is 0 Å². The van der Waals surface area contributed by atoms with E-state index in [0.29, 0.717) is 11.3 Å². The fraction of sp³-hybridized carbons (Fsp3) is 0.167. The second kappa shape index (κ2) is 8.16. The van der Waals surface area contributed by atoms with Crippen molar-refractivity contribution in [3.8, 4) is 5.40 Å². The molecule has 23 heavy (non-hydrogen) atoms. The van der Waals surface area contributed by atoms with Gasteiger partial charge in [-0.2, -0.15) is 5.26 Å². The number of carbonyl (C=O) groups excluding carboxylic acids is 2. The largest absolute Gasteiger partial charge is 0.326 e. The molecule has 4 nitrogen and oxygen atoms in total. The van der Waals surface area contributed by atoms with Crippen LogP contribution in [0.3, 0.4) is 0 Å². The summed E-state index contributed by atoms with van der Waals surface area (Å²) in [5.74, 6) is -0.243. The molecule has 0 saturated heterocycles. The average Bonchev–Trinajstić information content (AvgIpc) is 2.55. The number of nitrogens with one attached hydrogen (secondary N) is 1. The molecule has 5 heteroatoms. The van der Waals surface area contributed by atoms with Crippen LogP contribution in [0.2, 0.25) is 0 Å². The molecule has 2 aromatic rings. The Morgan fingerprint density at radius 2 is 1.70 bits per heavy atom. The van der Waals surface area contributed by atoms with Crippen LogP contribution in [0.1, 0.15) is 28.8 Å². The Morgan fingerprint density at radius 3 is 2.30 bits per heavy atom. The molecule has 2 rings (SSSR count). The van der Waals surface area contributed by atoms with E-state index in [2.05, 4.69) is 5.32 Å². The van der Waals surface area contributed by atoms with E-state index < -0.39 is 0 Å². The molecule has 0 radical (unpaired) electrons. The molecule has 0 fully saturated rings. The first-order chi connectivity index (χ1) is 11.1. The van der Waals surface area contributed by atoms with Crippen molar-refractivity contribution in [3.05, 3.63) is 59.7 Å². The maximum absolute atomic E-state index is 12.0. The number of nitriles is 1. The SMILES string of the molecule is Cc1ccc(C(=O)CCC(=O)Nc2ccc(SC#N)cc2)cc1. The van der Waals surface area contributed by atoms with Crippen molar-refractivity contribution in [2.45, 2.75) is 24.7 Å². The van der Waals surface area contributed by atoms with Gasteiger partial charge in [-0.1, -0.05) is 29.8 Å². The van der Waals surface area contributed by atoms with E-state index in [1.807, 2.05) is 24.5 Å². The van der Waals surface area contributed by atoms with Gasteiger partial charge < -0.3 is 5.32 Å². The topological polar surface area (TPSA) is 70.0 Å². The molecule has 0 aliphatic heterocycles. The number of aryl methyl sites for hydroxylation is 1. The zero-order valence-corrected chi connectivity index (χ0v) is 13.5. The minimum atomic E-state index is -0.203. The average molecular weight is 324 g/mol. The number of rotatable bonds is 6. The van der Waals surface area contributed by atoms with E-state index in [9.17, 15) is 9.59 Å². The summed E-state index contributed by atoms with van der Waals surface area (Å²) in [5.41, 5.74) is 2.37. The highest BCUT2D eigenvalue weighted by Gasteiger charge is 2.09. The number of benzene rings is 2. The molecular weight excluding hydrogens is 308 g/mol. The van der Waals surface area contributed by atoms with Crippen LogP contribution >= 0.6 is 11.8 Å².